The fourth-order valence-corrected chi connectivity index (χ4v) is 2.79. The van der Waals surface area contributed by atoms with Gasteiger partial charge in [0, 0.05) is 6.54 Å². The normalized spacial score (nSPS) is 12.4. The lowest BCUT2D eigenvalue weighted by molar-refractivity contribution is -0.145. The molecule has 2 rings (SSSR count). The van der Waals surface area contributed by atoms with Crippen molar-refractivity contribution in [3.05, 3.63) is 70.8 Å². The first-order valence-corrected chi connectivity index (χ1v) is 8.64. The third-order valence-corrected chi connectivity index (χ3v) is 4.34. The van der Waals surface area contributed by atoms with E-state index in [1.54, 1.807) is 0 Å². The van der Waals surface area contributed by atoms with Gasteiger partial charge in [-0.25, -0.2) is 0 Å². The van der Waals surface area contributed by atoms with Crippen molar-refractivity contribution in [3.8, 4) is 0 Å². The molecule has 0 aliphatic heterocycles. The molecule has 0 aliphatic carbocycles. The van der Waals surface area contributed by atoms with Gasteiger partial charge in [0.1, 0.15) is 6.04 Å². The second-order valence-corrected chi connectivity index (χ2v) is 6.55. The number of carbonyl (C=O) groups is 2. The molecule has 2 unspecified atom stereocenters. The van der Waals surface area contributed by atoms with Gasteiger partial charge in [0.15, 0.2) is 0 Å². The second-order valence-electron chi connectivity index (χ2n) is 6.55. The largest absolute Gasteiger partial charge is 0.469 e. The standard InChI is InChI=1S/C21H26N2O3.ClH/c1-14-7-9-17(10-8-14)19(22)20(24)23-13-18(21(25)26-3)12-16-6-4-5-15(2)11-16;/h4-11,18-19H,12-13,22H2,1-3H3,(H,23,24);1H. The van der Waals surface area contributed by atoms with Crippen molar-refractivity contribution < 1.29 is 14.3 Å². The third-order valence-electron chi connectivity index (χ3n) is 4.34. The van der Waals surface area contributed by atoms with Gasteiger partial charge in [0.2, 0.25) is 5.91 Å². The number of ether oxygens (including phenoxy) is 1. The molecule has 0 heterocycles. The number of rotatable bonds is 7. The lowest BCUT2D eigenvalue weighted by Gasteiger charge is -2.18. The van der Waals surface area contributed by atoms with Gasteiger partial charge in [-0.3, -0.25) is 9.59 Å². The molecule has 3 N–H and O–H groups in total. The van der Waals surface area contributed by atoms with Crippen LogP contribution >= 0.6 is 12.4 Å². The maximum Gasteiger partial charge on any atom is 0.310 e. The van der Waals surface area contributed by atoms with Crippen LogP contribution in [0.1, 0.15) is 28.3 Å². The Hall–Kier alpha value is -2.37. The zero-order valence-electron chi connectivity index (χ0n) is 15.9. The van der Waals surface area contributed by atoms with Crippen LogP contribution in [-0.4, -0.2) is 25.5 Å². The molecular formula is C21H27ClN2O3. The van der Waals surface area contributed by atoms with Gasteiger partial charge >= 0.3 is 5.97 Å². The zero-order chi connectivity index (χ0) is 19.1. The van der Waals surface area contributed by atoms with Gasteiger partial charge in [-0.1, -0.05) is 59.7 Å². The smallest absolute Gasteiger partial charge is 0.310 e. The lowest BCUT2D eigenvalue weighted by atomic mass is 9.97. The van der Waals surface area contributed by atoms with Crippen LogP contribution in [0, 0.1) is 19.8 Å². The molecule has 0 aromatic heterocycles. The van der Waals surface area contributed by atoms with Gasteiger partial charge in [0.05, 0.1) is 13.0 Å². The molecule has 0 bridgehead atoms. The molecule has 0 fully saturated rings. The van der Waals surface area contributed by atoms with E-state index in [0.29, 0.717) is 6.42 Å². The van der Waals surface area contributed by atoms with Crippen LogP contribution < -0.4 is 11.1 Å². The van der Waals surface area contributed by atoms with Crippen LogP contribution in [-0.2, 0) is 20.7 Å². The van der Waals surface area contributed by atoms with E-state index in [0.717, 1.165) is 22.3 Å². The first kappa shape index (κ1) is 22.7. The van der Waals surface area contributed by atoms with Gasteiger partial charge in [0.25, 0.3) is 0 Å². The van der Waals surface area contributed by atoms with E-state index in [-0.39, 0.29) is 30.8 Å². The molecular weight excluding hydrogens is 364 g/mol. The van der Waals surface area contributed by atoms with Gasteiger partial charge in [-0.2, -0.15) is 0 Å². The second kappa shape index (κ2) is 10.7. The zero-order valence-corrected chi connectivity index (χ0v) is 16.7. The summed E-state index contributed by atoms with van der Waals surface area (Å²) >= 11 is 0. The molecule has 0 aliphatic rings. The Balaban J connectivity index is 0.00000364. The Bertz CT molecular complexity index is 762. The summed E-state index contributed by atoms with van der Waals surface area (Å²) in [5.74, 6) is -1.13. The number of hydrogen-bond donors (Lipinski definition) is 2. The number of nitrogens with one attached hydrogen (secondary N) is 1. The minimum Gasteiger partial charge on any atom is -0.469 e. The molecule has 6 heteroatoms. The maximum atomic E-state index is 12.4. The van der Waals surface area contributed by atoms with E-state index in [4.69, 9.17) is 10.5 Å². The molecule has 1 amide bonds. The van der Waals surface area contributed by atoms with Crippen LogP contribution in [0.25, 0.3) is 0 Å². The highest BCUT2D eigenvalue weighted by Crippen LogP contribution is 2.14. The SMILES string of the molecule is COC(=O)C(CNC(=O)C(N)c1ccc(C)cc1)Cc1cccc(C)c1.Cl. The van der Waals surface area contributed by atoms with E-state index >= 15 is 0 Å². The lowest BCUT2D eigenvalue weighted by Crippen LogP contribution is -2.39. The Labute approximate surface area is 166 Å². The molecule has 2 atom stereocenters. The number of methoxy groups -OCH3 is 1. The molecule has 5 nitrogen and oxygen atoms in total. The summed E-state index contributed by atoms with van der Waals surface area (Å²) in [6.45, 7) is 4.15. The summed E-state index contributed by atoms with van der Waals surface area (Å²) in [4.78, 5) is 24.4. The molecule has 0 spiro atoms. The first-order valence-electron chi connectivity index (χ1n) is 8.64. The number of halogens is 1. The summed E-state index contributed by atoms with van der Waals surface area (Å²) in [5.41, 5.74) is 10.0. The highest BCUT2D eigenvalue weighted by atomic mass is 35.5. The highest BCUT2D eigenvalue weighted by molar-refractivity contribution is 5.85. The molecule has 146 valence electrons. The molecule has 27 heavy (non-hydrogen) atoms. The van der Waals surface area contributed by atoms with Crippen LogP contribution in [0.2, 0.25) is 0 Å². The van der Waals surface area contributed by atoms with Crippen LogP contribution in [0.5, 0.6) is 0 Å². The number of benzene rings is 2. The van der Waals surface area contributed by atoms with E-state index in [1.807, 2.05) is 62.4 Å². The summed E-state index contributed by atoms with van der Waals surface area (Å²) in [5, 5.41) is 2.78. The molecule has 0 saturated heterocycles. The summed E-state index contributed by atoms with van der Waals surface area (Å²) in [6, 6.07) is 14.7. The minimum atomic E-state index is -0.770. The Morgan fingerprint density at radius 2 is 1.74 bits per heavy atom. The highest BCUT2D eigenvalue weighted by Gasteiger charge is 2.23. The van der Waals surface area contributed by atoms with Gasteiger partial charge in [-0.05, 0) is 31.4 Å². The van der Waals surface area contributed by atoms with E-state index in [2.05, 4.69) is 5.32 Å². The quantitative estimate of drug-likeness (QED) is 0.712. The number of nitrogens with two attached hydrogens (primary N) is 1. The van der Waals surface area contributed by atoms with Crippen molar-refractivity contribution in [3.63, 3.8) is 0 Å². The fourth-order valence-electron chi connectivity index (χ4n) is 2.79. The molecule has 0 radical (unpaired) electrons. The van der Waals surface area contributed by atoms with Gasteiger partial charge in [-0.15, -0.1) is 12.4 Å². The van der Waals surface area contributed by atoms with Crippen LogP contribution in [0.15, 0.2) is 48.5 Å². The van der Waals surface area contributed by atoms with Crippen molar-refractivity contribution in [2.45, 2.75) is 26.3 Å². The van der Waals surface area contributed by atoms with Crippen LogP contribution in [0.3, 0.4) is 0 Å². The number of carbonyl (C=O) groups excluding carboxylic acids is 2. The summed E-state index contributed by atoms with van der Waals surface area (Å²) < 4.78 is 4.88. The first-order chi connectivity index (χ1) is 12.4. The number of esters is 1. The Morgan fingerprint density at radius 1 is 1.07 bits per heavy atom. The van der Waals surface area contributed by atoms with Crippen molar-refractivity contribution in [1.82, 2.24) is 5.32 Å². The number of aryl methyl sites for hydroxylation is 2. The van der Waals surface area contributed by atoms with Gasteiger partial charge < -0.3 is 15.8 Å². The Kier molecular flexibility index (Phi) is 8.98. The topological polar surface area (TPSA) is 81.4 Å². The van der Waals surface area contributed by atoms with Crippen LogP contribution in [0.4, 0.5) is 0 Å². The maximum absolute atomic E-state index is 12.4. The third kappa shape index (κ3) is 6.70. The summed E-state index contributed by atoms with van der Waals surface area (Å²) in [6.07, 6.45) is 0.494. The number of amides is 1. The van der Waals surface area contributed by atoms with E-state index in [1.165, 1.54) is 7.11 Å². The summed E-state index contributed by atoms with van der Waals surface area (Å²) in [7, 11) is 1.35. The average molecular weight is 391 g/mol. The predicted octanol–water partition coefficient (Wildman–Crippen LogP) is 2.87. The van der Waals surface area contributed by atoms with E-state index in [9.17, 15) is 9.59 Å². The molecule has 2 aromatic rings. The predicted molar refractivity (Wildman–Crippen MR) is 109 cm³/mol. The monoisotopic (exact) mass is 390 g/mol. The fraction of sp³-hybridized carbons (Fsp3) is 0.333. The van der Waals surface area contributed by atoms with Crippen molar-refractivity contribution in [2.75, 3.05) is 13.7 Å². The molecule has 2 aromatic carbocycles. The molecule has 0 saturated carbocycles. The van der Waals surface area contributed by atoms with Crippen molar-refractivity contribution in [1.29, 1.82) is 0 Å². The van der Waals surface area contributed by atoms with E-state index < -0.39 is 12.0 Å². The number of hydrogen-bond acceptors (Lipinski definition) is 4. The van der Waals surface area contributed by atoms with Crippen molar-refractivity contribution >= 4 is 24.3 Å². The average Bonchev–Trinajstić information content (AvgIpc) is 2.64. The minimum absolute atomic E-state index is 0. The van der Waals surface area contributed by atoms with Crippen molar-refractivity contribution in [2.24, 2.45) is 11.7 Å². The Morgan fingerprint density at radius 3 is 2.33 bits per heavy atom.